The van der Waals surface area contributed by atoms with Crippen molar-refractivity contribution in [3.63, 3.8) is 0 Å². The Bertz CT molecular complexity index is 1070. The largest absolute Gasteiger partial charge is 0.497 e. The predicted octanol–water partition coefficient (Wildman–Crippen LogP) is 4.66. The molecule has 2 aromatic heterocycles. The minimum absolute atomic E-state index is 0.159. The Balaban J connectivity index is 1.50. The summed E-state index contributed by atoms with van der Waals surface area (Å²) in [5.41, 5.74) is 1.58. The molecular weight excluding hydrogens is 392 g/mol. The zero-order chi connectivity index (χ0) is 20.2. The smallest absolute Gasteiger partial charge is 0.277 e. The second-order valence-corrected chi connectivity index (χ2v) is 7.34. The molecule has 0 radical (unpaired) electrons. The molecule has 0 N–H and O–H groups in total. The van der Waals surface area contributed by atoms with Gasteiger partial charge in [0.25, 0.3) is 5.22 Å². The van der Waals surface area contributed by atoms with Crippen molar-refractivity contribution in [2.75, 3.05) is 14.2 Å². The number of methoxy groups -OCH3 is 2. The van der Waals surface area contributed by atoms with E-state index >= 15 is 0 Å². The fourth-order valence-electron chi connectivity index (χ4n) is 2.60. The molecule has 2 aromatic carbocycles. The molecule has 4 aromatic rings. The normalized spacial score (nSPS) is 12.0. The first-order valence-corrected chi connectivity index (χ1v) is 9.66. The molecule has 0 aliphatic heterocycles. The first-order valence-electron chi connectivity index (χ1n) is 8.78. The molecule has 29 heavy (non-hydrogen) atoms. The van der Waals surface area contributed by atoms with Crippen LogP contribution in [0.15, 0.2) is 62.6 Å². The zero-order valence-corrected chi connectivity index (χ0v) is 16.8. The van der Waals surface area contributed by atoms with Crippen LogP contribution in [0.5, 0.6) is 11.5 Å². The van der Waals surface area contributed by atoms with Crippen molar-refractivity contribution < 1.29 is 18.3 Å². The van der Waals surface area contributed by atoms with E-state index in [0.29, 0.717) is 40.0 Å². The van der Waals surface area contributed by atoms with Crippen LogP contribution in [0.2, 0.25) is 0 Å². The van der Waals surface area contributed by atoms with E-state index in [9.17, 15) is 0 Å². The number of thioether (sulfide) groups is 1. The van der Waals surface area contributed by atoms with Gasteiger partial charge in [0.15, 0.2) is 0 Å². The Morgan fingerprint density at radius 2 is 1.45 bits per heavy atom. The molecule has 4 rings (SSSR count). The highest BCUT2D eigenvalue weighted by atomic mass is 32.2. The average Bonchev–Trinajstić information content (AvgIpc) is 3.44. The highest BCUT2D eigenvalue weighted by Crippen LogP contribution is 2.36. The van der Waals surface area contributed by atoms with Crippen LogP contribution in [0, 0.1) is 0 Å². The molecule has 0 saturated heterocycles. The van der Waals surface area contributed by atoms with Gasteiger partial charge in [-0.1, -0.05) is 30.0 Å². The maximum atomic E-state index is 5.79. The van der Waals surface area contributed by atoms with Crippen LogP contribution in [0.4, 0.5) is 0 Å². The van der Waals surface area contributed by atoms with Crippen LogP contribution in [0.25, 0.3) is 22.9 Å². The first-order chi connectivity index (χ1) is 14.2. The van der Waals surface area contributed by atoms with Crippen LogP contribution in [-0.2, 0) is 0 Å². The number of rotatable bonds is 7. The Kier molecular flexibility index (Phi) is 5.48. The third-order valence-electron chi connectivity index (χ3n) is 4.09. The maximum absolute atomic E-state index is 5.79. The van der Waals surface area contributed by atoms with Crippen molar-refractivity contribution in [3.05, 3.63) is 54.4 Å². The molecule has 0 amide bonds. The summed E-state index contributed by atoms with van der Waals surface area (Å²) in [6.45, 7) is 1.94. The zero-order valence-electron chi connectivity index (χ0n) is 16.0. The van der Waals surface area contributed by atoms with Crippen LogP contribution in [0.3, 0.4) is 0 Å². The van der Waals surface area contributed by atoms with Gasteiger partial charge in [0.1, 0.15) is 11.5 Å². The first kappa shape index (κ1) is 19.0. The van der Waals surface area contributed by atoms with Gasteiger partial charge >= 0.3 is 0 Å². The molecule has 0 spiro atoms. The average molecular weight is 410 g/mol. The Morgan fingerprint density at radius 3 is 2.14 bits per heavy atom. The van der Waals surface area contributed by atoms with Crippen molar-refractivity contribution in [2.45, 2.75) is 17.4 Å². The molecule has 0 saturated carbocycles. The molecule has 2 heterocycles. The van der Waals surface area contributed by atoms with Crippen molar-refractivity contribution in [1.29, 1.82) is 0 Å². The van der Waals surface area contributed by atoms with Crippen LogP contribution < -0.4 is 9.47 Å². The number of benzene rings is 2. The van der Waals surface area contributed by atoms with Crippen molar-refractivity contribution in [1.82, 2.24) is 20.4 Å². The summed E-state index contributed by atoms with van der Waals surface area (Å²) in [6, 6.07) is 15.0. The van der Waals surface area contributed by atoms with E-state index in [-0.39, 0.29) is 5.25 Å². The molecule has 0 fully saturated rings. The summed E-state index contributed by atoms with van der Waals surface area (Å²) in [5.74, 6) is 2.60. The summed E-state index contributed by atoms with van der Waals surface area (Å²) in [5, 5.41) is 16.7. The molecule has 8 nitrogen and oxygen atoms in total. The van der Waals surface area contributed by atoms with Crippen molar-refractivity contribution in [2.24, 2.45) is 0 Å². The van der Waals surface area contributed by atoms with Crippen molar-refractivity contribution >= 4 is 11.8 Å². The van der Waals surface area contributed by atoms with E-state index in [1.165, 1.54) is 11.8 Å². The molecule has 148 valence electrons. The maximum Gasteiger partial charge on any atom is 0.277 e. The van der Waals surface area contributed by atoms with Crippen LogP contribution >= 0.6 is 11.8 Å². The van der Waals surface area contributed by atoms with E-state index in [1.807, 2.05) is 37.3 Å². The van der Waals surface area contributed by atoms with E-state index in [0.717, 1.165) is 5.56 Å². The van der Waals surface area contributed by atoms with Gasteiger partial charge in [0.05, 0.1) is 19.5 Å². The quantitative estimate of drug-likeness (QED) is 0.403. The van der Waals surface area contributed by atoms with Gasteiger partial charge in [-0.05, 0) is 31.2 Å². The molecule has 0 aliphatic carbocycles. The fourth-order valence-corrected chi connectivity index (χ4v) is 3.32. The van der Waals surface area contributed by atoms with Crippen LogP contribution in [-0.4, -0.2) is 34.6 Å². The second-order valence-electron chi connectivity index (χ2n) is 6.05. The lowest BCUT2D eigenvalue weighted by Gasteiger charge is -2.05. The van der Waals surface area contributed by atoms with E-state index < -0.39 is 0 Å². The molecule has 0 aliphatic rings. The molecule has 1 atom stereocenters. The SMILES string of the molecule is COc1cc(OC)cc(-c2nnc(S[C@H](C)c3nnc(-c4ccccc4)o3)o2)c1. The van der Waals surface area contributed by atoms with Gasteiger partial charge in [0, 0.05) is 17.2 Å². The Hall–Kier alpha value is -3.33. The number of nitrogens with zero attached hydrogens (tertiary/aromatic N) is 4. The van der Waals surface area contributed by atoms with Crippen LogP contribution in [0.1, 0.15) is 18.1 Å². The molecular formula is C20H18N4O4S. The Labute approximate surface area is 171 Å². The van der Waals surface area contributed by atoms with E-state index in [1.54, 1.807) is 32.4 Å². The topological polar surface area (TPSA) is 96.3 Å². The summed E-state index contributed by atoms with van der Waals surface area (Å²) < 4.78 is 22.2. The summed E-state index contributed by atoms with van der Waals surface area (Å²) >= 11 is 1.34. The number of hydrogen-bond acceptors (Lipinski definition) is 9. The van der Waals surface area contributed by atoms with Gasteiger partial charge in [-0.25, -0.2) is 0 Å². The Morgan fingerprint density at radius 1 is 0.793 bits per heavy atom. The second kappa shape index (κ2) is 8.36. The number of ether oxygens (including phenoxy) is 2. The monoisotopic (exact) mass is 410 g/mol. The van der Waals surface area contributed by atoms with Gasteiger partial charge in [-0.15, -0.1) is 20.4 Å². The van der Waals surface area contributed by atoms with Gasteiger partial charge < -0.3 is 18.3 Å². The lowest BCUT2D eigenvalue weighted by atomic mass is 10.2. The van der Waals surface area contributed by atoms with Gasteiger partial charge in [-0.2, -0.15) is 0 Å². The highest BCUT2D eigenvalue weighted by molar-refractivity contribution is 7.99. The standard InChI is InChI=1S/C20H18N4O4S/c1-12(17-21-22-18(27-17)13-7-5-4-6-8-13)29-20-24-23-19(28-20)14-9-15(25-2)11-16(10-14)26-3/h4-12H,1-3H3/t12-/m1/s1. The van der Waals surface area contributed by atoms with Crippen molar-refractivity contribution in [3.8, 4) is 34.4 Å². The highest BCUT2D eigenvalue weighted by Gasteiger charge is 2.20. The minimum atomic E-state index is -0.159. The third kappa shape index (κ3) is 4.24. The van der Waals surface area contributed by atoms with Gasteiger partial charge in [0.2, 0.25) is 17.7 Å². The van der Waals surface area contributed by atoms with E-state index in [2.05, 4.69) is 20.4 Å². The fraction of sp³-hybridized carbons (Fsp3) is 0.200. The molecule has 0 bridgehead atoms. The summed E-state index contributed by atoms with van der Waals surface area (Å²) in [6.07, 6.45) is 0. The minimum Gasteiger partial charge on any atom is -0.497 e. The van der Waals surface area contributed by atoms with Gasteiger partial charge in [-0.3, -0.25) is 0 Å². The lowest BCUT2D eigenvalue weighted by molar-refractivity contribution is 0.394. The number of aromatic nitrogens is 4. The third-order valence-corrected chi connectivity index (χ3v) is 5.01. The summed E-state index contributed by atoms with van der Waals surface area (Å²) in [4.78, 5) is 0. The lowest BCUT2D eigenvalue weighted by Crippen LogP contribution is -1.89. The van der Waals surface area contributed by atoms with E-state index in [4.69, 9.17) is 18.3 Å². The molecule has 0 unspecified atom stereocenters. The number of hydrogen-bond donors (Lipinski definition) is 0. The predicted molar refractivity (Wildman–Crippen MR) is 107 cm³/mol. The molecule has 9 heteroatoms. The summed E-state index contributed by atoms with van der Waals surface area (Å²) in [7, 11) is 3.17.